The summed E-state index contributed by atoms with van der Waals surface area (Å²) in [5.74, 6) is -1.92. The number of carbonyl (C=O) groups is 2. The van der Waals surface area contributed by atoms with Crippen LogP contribution in [0.15, 0.2) is 48.5 Å². The van der Waals surface area contributed by atoms with Crippen LogP contribution in [0, 0.1) is 0 Å². The molecule has 0 spiro atoms. The van der Waals surface area contributed by atoms with E-state index in [0.29, 0.717) is 17.1 Å². The number of rotatable bonds is 5. The maximum absolute atomic E-state index is 13.3. The van der Waals surface area contributed by atoms with Gasteiger partial charge < -0.3 is 24.9 Å². The van der Waals surface area contributed by atoms with E-state index in [0.717, 1.165) is 5.56 Å². The van der Waals surface area contributed by atoms with E-state index >= 15 is 0 Å². The maximum atomic E-state index is 13.3. The van der Waals surface area contributed by atoms with Crippen LogP contribution in [0.2, 0.25) is 0 Å². The molecule has 1 aliphatic heterocycles. The summed E-state index contributed by atoms with van der Waals surface area (Å²) in [7, 11) is 0. The first-order valence-corrected chi connectivity index (χ1v) is 9.60. The molecular formula is C22H23F2N2O4-. The van der Waals surface area contributed by atoms with E-state index in [1.165, 1.54) is 4.90 Å². The lowest BCUT2D eigenvalue weighted by molar-refractivity contribution is -0.253. The maximum Gasteiger partial charge on any atom is 0.253 e. The number of alkyl halides is 2. The first-order valence-electron chi connectivity index (χ1n) is 9.60. The number of ether oxygens (including phenoxy) is 1. The number of carbonyl (C=O) groups excluding carboxylic acids is 2. The van der Waals surface area contributed by atoms with E-state index < -0.39 is 17.6 Å². The molecule has 0 aromatic heterocycles. The van der Waals surface area contributed by atoms with Gasteiger partial charge in [0.1, 0.15) is 17.6 Å². The standard InChI is InChI=1S/C22H24F2N2O4/c1-21(2,25-20(28)29)16-5-9-18(10-6-16)30-17-7-3-15(4-8-17)19(27)26-13-11-22(23,24)12-14-26/h3-10,25H,11-14H2,1-2H3,(H,28,29)/p-1. The van der Waals surface area contributed by atoms with Gasteiger partial charge in [-0.1, -0.05) is 12.1 Å². The van der Waals surface area contributed by atoms with Crippen molar-refractivity contribution in [1.82, 2.24) is 10.2 Å². The van der Waals surface area contributed by atoms with E-state index in [1.807, 2.05) is 0 Å². The van der Waals surface area contributed by atoms with E-state index in [2.05, 4.69) is 5.32 Å². The zero-order valence-corrected chi connectivity index (χ0v) is 16.8. The fraction of sp³-hybridized carbons (Fsp3) is 0.364. The molecule has 1 fully saturated rings. The fourth-order valence-electron chi connectivity index (χ4n) is 3.29. The van der Waals surface area contributed by atoms with Crippen molar-refractivity contribution >= 4 is 12.0 Å². The Bertz CT molecular complexity index is 902. The molecule has 3 rings (SSSR count). The van der Waals surface area contributed by atoms with E-state index in [1.54, 1.807) is 62.4 Å². The lowest BCUT2D eigenvalue weighted by Gasteiger charge is -2.31. The number of likely N-dealkylation sites (tertiary alicyclic amines) is 1. The molecule has 0 aliphatic carbocycles. The van der Waals surface area contributed by atoms with Gasteiger partial charge in [-0.15, -0.1) is 0 Å². The number of nitrogens with zero attached hydrogens (tertiary/aromatic N) is 1. The molecule has 8 heteroatoms. The summed E-state index contributed by atoms with van der Waals surface area (Å²) in [6.45, 7) is 3.52. The van der Waals surface area contributed by atoms with Gasteiger partial charge in [-0.25, -0.2) is 8.78 Å². The van der Waals surface area contributed by atoms with Gasteiger partial charge in [0.25, 0.3) is 11.8 Å². The Kier molecular flexibility index (Phi) is 5.96. The molecular weight excluding hydrogens is 394 g/mol. The highest BCUT2D eigenvalue weighted by atomic mass is 19.3. The number of carboxylic acid groups (broad SMARTS) is 1. The molecule has 2 amide bonds. The average molecular weight is 417 g/mol. The van der Waals surface area contributed by atoms with Crippen LogP contribution in [0.4, 0.5) is 13.6 Å². The second-order valence-electron chi connectivity index (χ2n) is 7.84. The predicted molar refractivity (Wildman–Crippen MR) is 105 cm³/mol. The average Bonchev–Trinajstić information content (AvgIpc) is 2.67. The van der Waals surface area contributed by atoms with Crippen molar-refractivity contribution in [2.24, 2.45) is 0 Å². The second kappa shape index (κ2) is 8.30. The minimum absolute atomic E-state index is 0.0412. The Morgan fingerprint density at radius 1 is 1.00 bits per heavy atom. The Labute approximate surface area is 173 Å². The first-order chi connectivity index (χ1) is 14.1. The van der Waals surface area contributed by atoms with Crippen molar-refractivity contribution in [3.63, 3.8) is 0 Å². The molecule has 30 heavy (non-hydrogen) atoms. The Morgan fingerprint density at radius 2 is 1.50 bits per heavy atom. The third-order valence-corrected chi connectivity index (χ3v) is 5.11. The predicted octanol–water partition coefficient (Wildman–Crippen LogP) is 3.52. The van der Waals surface area contributed by atoms with Gasteiger partial charge in [-0.3, -0.25) is 4.79 Å². The van der Waals surface area contributed by atoms with Crippen LogP contribution in [0.1, 0.15) is 42.6 Å². The molecule has 1 saturated heterocycles. The van der Waals surface area contributed by atoms with Crippen LogP contribution in [0.3, 0.4) is 0 Å². The zero-order chi connectivity index (χ0) is 21.9. The third kappa shape index (κ3) is 5.25. The molecule has 1 aliphatic rings. The van der Waals surface area contributed by atoms with E-state index in [4.69, 9.17) is 4.74 Å². The van der Waals surface area contributed by atoms with Crippen LogP contribution in [0.25, 0.3) is 0 Å². The molecule has 0 atom stereocenters. The van der Waals surface area contributed by atoms with Crippen molar-refractivity contribution in [1.29, 1.82) is 0 Å². The van der Waals surface area contributed by atoms with Gasteiger partial charge in [0, 0.05) is 31.5 Å². The van der Waals surface area contributed by atoms with Crippen LogP contribution in [0.5, 0.6) is 11.5 Å². The Hall–Kier alpha value is -3.16. The number of benzene rings is 2. The summed E-state index contributed by atoms with van der Waals surface area (Å²) in [6.07, 6.45) is -1.98. The van der Waals surface area contributed by atoms with Crippen LogP contribution in [-0.2, 0) is 5.54 Å². The van der Waals surface area contributed by atoms with Gasteiger partial charge in [0.15, 0.2) is 0 Å². The SMILES string of the molecule is CC(C)(NC(=O)[O-])c1ccc(Oc2ccc(C(=O)N3CCC(F)(F)CC3)cc2)cc1. The van der Waals surface area contributed by atoms with Crippen LogP contribution in [-0.4, -0.2) is 35.9 Å². The lowest BCUT2D eigenvalue weighted by Crippen LogP contribution is -2.47. The summed E-state index contributed by atoms with van der Waals surface area (Å²) >= 11 is 0. The number of piperidine rings is 1. The quantitative estimate of drug-likeness (QED) is 0.807. The molecule has 2 aromatic carbocycles. The fourth-order valence-corrected chi connectivity index (χ4v) is 3.29. The van der Waals surface area contributed by atoms with Crippen molar-refractivity contribution in [3.8, 4) is 11.5 Å². The van der Waals surface area contributed by atoms with E-state index in [-0.39, 0.29) is 31.8 Å². The van der Waals surface area contributed by atoms with Gasteiger partial charge >= 0.3 is 0 Å². The minimum Gasteiger partial charge on any atom is -0.530 e. The molecule has 0 saturated carbocycles. The molecule has 6 nitrogen and oxygen atoms in total. The molecule has 1 N–H and O–H groups in total. The smallest absolute Gasteiger partial charge is 0.253 e. The topological polar surface area (TPSA) is 81.7 Å². The summed E-state index contributed by atoms with van der Waals surface area (Å²) in [5, 5.41) is 13.1. The normalized spacial score (nSPS) is 16.1. The van der Waals surface area contributed by atoms with Gasteiger partial charge in [0.2, 0.25) is 0 Å². The molecule has 0 radical (unpaired) electrons. The molecule has 0 unspecified atom stereocenters. The monoisotopic (exact) mass is 417 g/mol. The highest BCUT2D eigenvalue weighted by Crippen LogP contribution is 2.29. The largest absolute Gasteiger partial charge is 0.530 e. The summed E-state index contributed by atoms with van der Waals surface area (Å²) in [5.41, 5.74) is 0.350. The number of amides is 2. The van der Waals surface area contributed by atoms with Crippen molar-refractivity contribution in [2.75, 3.05) is 13.1 Å². The van der Waals surface area contributed by atoms with Crippen LogP contribution >= 0.6 is 0 Å². The summed E-state index contributed by atoms with van der Waals surface area (Å²) < 4.78 is 32.3. The zero-order valence-electron chi connectivity index (χ0n) is 16.8. The van der Waals surface area contributed by atoms with Gasteiger partial charge in [0.05, 0.1) is 5.54 Å². The highest BCUT2D eigenvalue weighted by molar-refractivity contribution is 5.94. The summed E-state index contributed by atoms with van der Waals surface area (Å²) in [6, 6.07) is 13.4. The lowest BCUT2D eigenvalue weighted by atomic mass is 9.94. The Balaban J connectivity index is 1.62. The molecule has 2 aromatic rings. The third-order valence-electron chi connectivity index (χ3n) is 5.11. The second-order valence-corrected chi connectivity index (χ2v) is 7.84. The number of hydrogen-bond donors (Lipinski definition) is 1. The molecule has 1 heterocycles. The Morgan fingerprint density at radius 3 is 2.00 bits per heavy atom. The molecule has 0 bridgehead atoms. The van der Waals surface area contributed by atoms with Gasteiger partial charge in [-0.2, -0.15) is 0 Å². The number of nitrogens with one attached hydrogen (secondary N) is 1. The van der Waals surface area contributed by atoms with E-state index in [9.17, 15) is 23.5 Å². The molecule has 160 valence electrons. The summed E-state index contributed by atoms with van der Waals surface area (Å²) in [4.78, 5) is 24.7. The van der Waals surface area contributed by atoms with Crippen LogP contribution < -0.4 is 15.2 Å². The van der Waals surface area contributed by atoms with Crippen molar-refractivity contribution in [2.45, 2.75) is 38.2 Å². The minimum atomic E-state index is -2.69. The van der Waals surface area contributed by atoms with Crippen molar-refractivity contribution in [3.05, 3.63) is 59.7 Å². The highest BCUT2D eigenvalue weighted by Gasteiger charge is 2.35. The number of hydrogen-bond acceptors (Lipinski definition) is 4. The van der Waals surface area contributed by atoms with Crippen molar-refractivity contribution < 1.29 is 28.2 Å². The number of halogens is 2. The van der Waals surface area contributed by atoms with Gasteiger partial charge in [-0.05, 0) is 55.8 Å². The first kappa shape index (κ1) is 21.5.